The number of carbonyl (C=O) groups is 1. The van der Waals surface area contributed by atoms with Crippen LogP contribution in [0.2, 0.25) is 0 Å². The molecule has 6 nitrogen and oxygen atoms in total. The lowest BCUT2D eigenvalue weighted by Gasteiger charge is -2.17. The van der Waals surface area contributed by atoms with Gasteiger partial charge in [-0.2, -0.15) is 0 Å². The molecule has 0 saturated heterocycles. The molecule has 0 radical (unpaired) electrons. The van der Waals surface area contributed by atoms with Crippen LogP contribution in [-0.2, 0) is 9.53 Å². The summed E-state index contributed by atoms with van der Waals surface area (Å²) in [6.45, 7) is 5.26. The second-order valence-electron chi connectivity index (χ2n) is 4.49. The molecule has 0 aromatic carbocycles. The Bertz CT molecular complexity index is 423. The highest BCUT2D eigenvalue weighted by Gasteiger charge is 2.08. The van der Waals surface area contributed by atoms with Crippen molar-refractivity contribution in [2.45, 2.75) is 20.3 Å². The van der Waals surface area contributed by atoms with Crippen molar-refractivity contribution in [2.24, 2.45) is 0 Å². The minimum absolute atomic E-state index is 0.105. The molecule has 1 N–H and O–H groups in total. The first-order valence-corrected chi connectivity index (χ1v) is 6.32. The van der Waals surface area contributed by atoms with Crippen LogP contribution in [-0.4, -0.2) is 49.6 Å². The van der Waals surface area contributed by atoms with Crippen LogP contribution in [0.5, 0.6) is 0 Å². The monoisotopic (exact) mass is 266 g/mol. The molecular formula is C13H22N4O2. The molecule has 0 spiro atoms. The van der Waals surface area contributed by atoms with E-state index >= 15 is 0 Å². The molecule has 0 atom stereocenters. The first-order chi connectivity index (χ1) is 9.02. The maximum absolute atomic E-state index is 11.1. The van der Waals surface area contributed by atoms with E-state index in [1.54, 1.807) is 14.0 Å². The molecule has 0 saturated carbocycles. The zero-order chi connectivity index (χ0) is 14.3. The van der Waals surface area contributed by atoms with Crippen molar-refractivity contribution in [2.75, 3.05) is 44.1 Å². The van der Waals surface area contributed by atoms with Crippen molar-refractivity contribution in [3.8, 4) is 0 Å². The van der Waals surface area contributed by atoms with Crippen molar-refractivity contribution >= 4 is 17.4 Å². The van der Waals surface area contributed by atoms with Gasteiger partial charge in [0.05, 0.1) is 6.54 Å². The largest absolute Gasteiger partial charge is 0.385 e. The highest BCUT2D eigenvalue weighted by molar-refractivity contribution is 5.80. The number of rotatable bonds is 8. The van der Waals surface area contributed by atoms with Gasteiger partial charge in [-0.15, -0.1) is 0 Å². The molecule has 1 rings (SSSR count). The molecule has 1 aromatic heterocycles. The van der Waals surface area contributed by atoms with Crippen molar-refractivity contribution < 1.29 is 9.53 Å². The Morgan fingerprint density at radius 1 is 1.47 bits per heavy atom. The van der Waals surface area contributed by atoms with Gasteiger partial charge in [0.2, 0.25) is 0 Å². The van der Waals surface area contributed by atoms with Gasteiger partial charge in [-0.05, 0) is 20.3 Å². The van der Waals surface area contributed by atoms with Gasteiger partial charge in [0.25, 0.3) is 0 Å². The topological polar surface area (TPSA) is 67.3 Å². The van der Waals surface area contributed by atoms with Gasteiger partial charge < -0.3 is 15.0 Å². The number of carbonyl (C=O) groups excluding carboxylic acids is 1. The van der Waals surface area contributed by atoms with Crippen LogP contribution in [0.4, 0.5) is 11.6 Å². The minimum atomic E-state index is 0.105. The summed E-state index contributed by atoms with van der Waals surface area (Å²) in [4.78, 5) is 21.6. The third kappa shape index (κ3) is 5.65. The van der Waals surface area contributed by atoms with Gasteiger partial charge >= 0.3 is 0 Å². The standard InChI is InChI=1S/C13H22N4O2/c1-10(18)9-17(3)13-8-12(15-11(2)16-13)14-6-5-7-19-4/h8H,5-7,9H2,1-4H3,(H,14,15,16). The number of aryl methyl sites for hydroxylation is 1. The smallest absolute Gasteiger partial charge is 0.149 e. The second kappa shape index (κ2) is 7.68. The fourth-order valence-corrected chi connectivity index (χ4v) is 1.69. The van der Waals surface area contributed by atoms with Crippen molar-refractivity contribution in [1.29, 1.82) is 0 Å². The average molecular weight is 266 g/mol. The Labute approximate surface area is 114 Å². The zero-order valence-electron chi connectivity index (χ0n) is 12.1. The van der Waals surface area contributed by atoms with Gasteiger partial charge in [0.1, 0.15) is 23.2 Å². The molecular weight excluding hydrogens is 244 g/mol. The predicted molar refractivity (Wildman–Crippen MR) is 75.7 cm³/mol. The minimum Gasteiger partial charge on any atom is -0.385 e. The summed E-state index contributed by atoms with van der Waals surface area (Å²) in [5, 5.41) is 3.23. The Hall–Kier alpha value is -1.69. The SMILES string of the molecule is COCCCNc1cc(N(C)CC(C)=O)nc(C)n1. The summed E-state index contributed by atoms with van der Waals surface area (Å²) in [6, 6.07) is 1.85. The van der Waals surface area contributed by atoms with E-state index in [9.17, 15) is 4.79 Å². The molecule has 0 unspecified atom stereocenters. The zero-order valence-corrected chi connectivity index (χ0v) is 12.1. The summed E-state index contributed by atoms with van der Waals surface area (Å²) in [6.07, 6.45) is 0.915. The predicted octanol–water partition coefficient (Wildman–Crippen LogP) is 1.26. The number of hydrogen-bond acceptors (Lipinski definition) is 6. The number of nitrogens with one attached hydrogen (secondary N) is 1. The molecule has 0 amide bonds. The molecule has 106 valence electrons. The highest BCUT2D eigenvalue weighted by atomic mass is 16.5. The first kappa shape index (κ1) is 15.4. The molecule has 0 aliphatic carbocycles. The van der Waals surface area contributed by atoms with E-state index in [0.717, 1.165) is 24.6 Å². The van der Waals surface area contributed by atoms with E-state index in [2.05, 4.69) is 15.3 Å². The second-order valence-corrected chi connectivity index (χ2v) is 4.49. The number of nitrogens with zero attached hydrogens (tertiary/aromatic N) is 3. The van der Waals surface area contributed by atoms with Crippen LogP contribution in [0.1, 0.15) is 19.2 Å². The van der Waals surface area contributed by atoms with Gasteiger partial charge in [-0.3, -0.25) is 4.79 Å². The third-order valence-electron chi connectivity index (χ3n) is 2.51. The molecule has 0 bridgehead atoms. The maximum atomic E-state index is 11.1. The average Bonchev–Trinajstić information content (AvgIpc) is 2.33. The number of hydrogen-bond donors (Lipinski definition) is 1. The Kier molecular flexibility index (Phi) is 6.21. The third-order valence-corrected chi connectivity index (χ3v) is 2.51. The van der Waals surface area contributed by atoms with Crippen molar-refractivity contribution in [1.82, 2.24) is 9.97 Å². The Balaban J connectivity index is 2.67. The quantitative estimate of drug-likeness (QED) is 0.714. The molecule has 0 fully saturated rings. The first-order valence-electron chi connectivity index (χ1n) is 6.32. The van der Waals surface area contributed by atoms with Crippen LogP contribution in [0.15, 0.2) is 6.07 Å². The van der Waals surface area contributed by atoms with Crippen LogP contribution in [0, 0.1) is 6.92 Å². The van der Waals surface area contributed by atoms with Crippen molar-refractivity contribution in [3.05, 3.63) is 11.9 Å². The Morgan fingerprint density at radius 3 is 2.84 bits per heavy atom. The van der Waals surface area contributed by atoms with E-state index in [0.29, 0.717) is 19.0 Å². The molecule has 1 heterocycles. The van der Waals surface area contributed by atoms with Crippen molar-refractivity contribution in [3.63, 3.8) is 0 Å². The number of methoxy groups -OCH3 is 1. The summed E-state index contributed by atoms with van der Waals surface area (Å²) in [5.74, 6) is 2.31. The number of Topliss-reactive ketones (excluding diaryl/α,β-unsaturated/α-hetero) is 1. The number of anilines is 2. The maximum Gasteiger partial charge on any atom is 0.149 e. The number of likely N-dealkylation sites (N-methyl/N-ethyl adjacent to an activating group) is 1. The van der Waals surface area contributed by atoms with Crippen LogP contribution in [0.3, 0.4) is 0 Å². The summed E-state index contributed by atoms with van der Waals surface area (Å²) >= 11 is 0. The summed E-state index contributed by atoms with van der Waals surface area (Å²) in [5.41, 5.74) is 0. The fraction of sp³-hybridized carbons (Fsp3) is 0.615. The molecule has 6 heteroatoms. The summed E-state index contributed by atoms with van der Waals surface area (Å²) < 4.78 is 4.99. The number of aromatic nitrogens is 2. The molecule has 0 aliphatic rings. The van der Waals surface area contributed by atoms with Gasteiger partial charge in [0, 0.05) is 33.4 Å². The number of ether oxygens (including phenoxy) is 1. The van der Waals surface area contributed by atoms with E-state index < -0.39 is 0 Å². The highest BCUT2D eigenvalue weighted by Crippen LogP contribution is 2.14. The lowest BCUT2D eigenvalue weighted by Crippen LogP contribution is -2.25. The van der Waals surface area contributed by atoms with E-state index in [4.69, 9.17) is 4.74 Å². The normalized spacial score (nSPS) is 10.3. The van der Waals surface area contributed by atoms with E-state index in [1.807, 2.05) is 24.9 Å². The van der Waals surface area contributed by atoms with Gasteiger partial charge in [-0.1, -0.05) is 0 Å². The lowest BCUT2D eigenvalue weighted by molar-refractivity contribution is -0.115. The summed E-state index contributed by atoms with van der Waals surface area (Å²) in [7, 11) is 3.53. The van der Waals surface area contributed by atoms with Gasteiger partial charge in [-0.25, -0.2) is 9.97 Å². The Morgan fingerprint density at radius 2 is 2.21 bits per heavy atom. The molecule has 1 aromatic rings. The van der Waals surface area contributed by atoms with E-state index in [1.165, 1.54) is 0 Å². The lowest BCUT2D eigenvalue weighted by atomic mass is 10.3. The van der Waals surface area contributed by atoms with E-state index in [-0.39, 0.29) is 5.78 Å². The number of ketones is 1. The van der Waals surface area contributed by atoms with Crippen LogP contribution >= 0.6 is 0 Å². The van der Waals surface area contributed by atoms with Gasteiger partial charge in [0.15, 0.2) is 0 Å². The fourth-order valence-electron chi connectivity index (χ4n) is 1.69. The molecule has 19 heavy (non-hydrogen) atoms. The van der Waals surface area contributed by atoms with Crippen LogP contribution in [0.25, 0.3) is 0 Å². The molecule has 0 aliphatic heterocycles. The van der Waals surface area contributed by atoms with Crippen LogP contribution < -0.4 is 10.2 Å².